The van der Waals surface area contributed by atoms with E-state index in [9.17, 15) is 13.2 Å². The van der Waals surface area contributed by atoms with E-state index in [1.807, 2.05) is 6.92 Å². The fourth-order valence-electron chi connectivity index (χ4n) is 2.45. The third-order valence-corrected chi connectivity index (χ3v) is 5.60. The van der Waals surface area contributed by atoms with Crippen molar-refractivity contribution in [2.24, 2.45) is 11.7 Å². The molecule has 0 bridgehead atoms. The first kappa shape index (κ1) is 16.0. The summed E-state index contributed by atoms with van der Waals surface area (Å²) in [6, 6.07) is 1.25. The van der Waals surface area contributed by atoms with Crippen LogP contribution in [0.15, 0.2) is 21.8 Å². The molecule has 0 amide bonds. The number of ether oxygens (including phenoxy) is 1. The van der Waals surface area contributed by atoms with Crippen molar-refractivity contribution in [3.8, 4) is 0 Å². The van der Waals surface area contributed by atoms with Crippen molar-refractivity contribution in [2.75, 3.05) is 20.2 Å². The van der Waals surface area contributed by atoms with Gasteiger partial charge in [-0.1, -0.05) is 0 Å². The molecule has 7 nitrogen and oxygen atoms in total. The van der Waals surface area contributed by atoms with Gasteiger partial charge in [-0.3, -0.25) is 0 Å². The SMILES string of the molecule is COC(=O)c1coc(S(=O)(=O)N2CCC(C(C)N)CC2)c1. The van der Waals surface area contributed by atoms with Crippen LogP contribution in [0.5, 0.6) is 0 Å². The summed E-state index contributed by atoms with van der Waals surface area (Å²) in [7, 11) is -2.49. The maximum Gasteiger partial charge on any atom is 0.341 e. The van der Waals surface area contributed by atoms with Gasteiger partial charge in [-0.15, -0.1) is 0 Å². The summed E-state index contributed by atoms with van der Waals surface area (Å²) >= 11 is 0. The Labute approximate surface area is 124 Å². The van der Waals surface area contributed by atoms with E-state index in [2.05, 4.69) is 4.74 Å². The van der Waals surface area contributed by atoms with Gasteiger partial charge in [0, 0.05) is 25.2 Å². The molecule has 1 aliphatic rings. The number of nitrogens with zero attached hydrogens (tertiary/aromatic N) is 1. The molecule has 1 fully saturated rings. The summed E-state index contributed by atoms with van der Waals surface area (Å²) in [5, 5.41) is -0.234. The molecule has 0 radical (unpaired) electrons. The Morgan fingerprint density at radius 1 is 1.48 bits per heavy atom. The predicted molar refractivity (Wildman–Crippen MR) is 75.2 cm³/mol. The Kier molecular flexibility index (Phi) is 4.70. The number of hydrogen-bond donors (Lipinski definition) is 1. The zero-order valence-electron chi connectivity index (χ0n) is 12.1. The van der Waals surface area contributed by atoms with E-state index in [0.29, 0.717) is 19.0 Å². The lowest BCUT2D eigenvalue weighted by molar-refractivity contribution is 0.0600. The lowest BCUT2D eigenvalue weighted by Gasteiger charge is -2.32. The largest absolute Gasteiger partial charge is 0.465 e. The molecule has 0 aromatic carbocycles. The van der Waals surface area contributed by atoms with Crippen LogP contribution < -0.4 is 5.73 Å². The molecule has 1 aliphatic heterocycles. The number of nitrogens with two attached hydrogens (primary N) is 1. The minimum absolute atomic E-state index is 0.0596. The molecule has 21 heavy (non-hydrogen) atoms. The first-order chi connectivity index (χ1) is 9.86. The molecule has 1 aromatic rings. The summed E-state index contributed by atoms with van der Waals surface area (Å²) in [5.74, 6) is -0.297. The minimum atomic E-state index is -3.71. The second kappa shape index (κ2) is 6.17. The second-order valence-electron chi connectivity index (χ2n) is 5.25. The van der Waals surface area contributed by atoms with Gasteiger partial charge in [-0.25, -0.2) is 13.2 Å². The first-order valence-electron chi connectivity index (χ1n) is 6.79. The number of hydrogen-bond acceptors (Lipinski definition) is 6. The van der Waals surface area contributed by atoms with Crippen LogP contribution in [0.2, 0.25) is 0 Å². The second-order valence-corrected chi connectivity index (χ2v) is 7.12. The molecule has 0 saturated carbocycles. The molecule has 118 valence electrons. The highest BCUT2D eigenvalue weighted by molar-refractivity contribution is 7.89. The standard InChI is InChI=1S/C13H20N2O5S/c1-9(14)10-3-5-15(6-4-10)21(17,18)12-7-11(8-20-12)13(16)19-2/h7-10H,3-6,14H2,1-2H3. The van der Waals surface area contributed by atoms with Crippen molar-refractivity contribution in [1.29, 1.82) is 0 Å². The molecule has 2 N–H and O–H groups in total. The number of methoxy groups -OCH3 is 1. The average Bonchev–Trinajstić information content (AvgIpc) is 2.97. The number of carbonyl (C=O) groups excluding carboxylic acids is 1. The van der Waals surface area contributed by atoms with Gasteiger partial charge >= 0.3 is 5.97 Å². The van der Waals surface area contributed by atoms with E-state index >= 15 is 0 Å². The number of furan rings is 1. The van der Waals surface area contributed by atoms with Crippen molar-refractivity contribution in [1.82, 2.24) is 4.31 Å². The highest BCUT2D eigenvalue weighted by atomic mass is 32.2. The highest BCUT2D eigenvalue weighted by Gasteiger charge is 2.33. The van der Waals surface area contributed by atoms with Gasteiger partial charge in [0.1, 0.15) is 6.26 Å². The molecule has 2 rings (SSSR count). The zero-order chi connectivity index (χ0) is 15.6. The number of rotatable bonds is 4. The highest BCUT2D eigenvalue weighted by Crippen LogP contribution is 2.26. The van der Waals surface area contributed by atoms with Crippen LogP contribution in [0.25, 0.3) is 0 Å². The quantitative estimate of drug-likeness (QED) is 0.825. The van der Waals surface area contributed by atoms with Crippen LogP contribution in [0, 0.1) is 5.92 Å². The van der Waals surface area contributed by atoms with Crippen LogP contribution in [-0.4, -0.2) is 44.9 Å². The van der Waals surface area contributed by atoms with Crippen LogP contribution in [-0.2, 0) is 14.8 Å². The summed E-state index contributed by atoms with van der Waals surface area (Å²) in [4.78, 5) is 11.3. The molecular formula is C13H20N2O5S. The predicted octanol–water partition coefficient (Wildman–Crippen LogP) is 0.814. The van der Waals surface area contributed by atoms with E-state index < -0.39 is 16.0 Å². The Balaban J connectivity index is 2.12. The Bertz CT molecular complexity index is 600. The monoisotopic (exact) mass is 316 g/mol. The zero-order valence-corrected chi connectivity index (χ0v) is 12.9. The summed E-state index contributed by atoms with van der Waals surface area (Å²) in [6.45, 7) is 2.75. The van der Waals surface area contributed by atoms with E-state index in [-0.39, 0.29) is 16.7 Å². The third-order valence-electron chi connectivity index (χ3n) is 3.83. The van der Waals surface area contributed by atoms with Crippen molar-refractivity contribution in [2.45, 2.75) is 30.9 Å². The Morgan fingerprint density at radius 2 is 2.10 bits per heavy atom. The van der Waals surface area contributed by atoms with Crippen molar-refractivity contribution < 1.29 is 22.4 Å². The number of carbonyl (C=O) groups is 1. The fraction of sp³-hybridized carbons (Fsp3) is 0.615. The average molecular weight is 316 g/mol. The third kappa shape index (κ3) is 3.28. The normalized spacial score (nSPS) is 19.4. The number of sulfonamides is 1. The lowest BCUT2D eigenvalue weighted by atomic mass is 9.92. The van der Waals surface area contributed by atoms with Gasteiger partial charge in [-0.2, -0.15) is 4.31 Å². The fourth-order valence-corrected chi connectivity index (χ4v) is 3.84. The van der Waals surface area contributed by atoms with E-state index in [1.54, 1.807) is 0 Å². The van der Waals surface area contributed by atoms with E-state index in [1.165, 1.54) is 17.5 Å². The van der Waals surface area contributed by atoms with E-state index in [0.717, 1.165) is 19.1 Å². The van der Waals surface area contributed by atoms with Crippen LogP contribution in [0.4, 0.5) is 0 Å². The maximum absolute atomic E-state index is 12.4. The summed E-state index contributed by atoms with van der Waals surface area (Å²) in [5.41, 5.74) is 5.93. The van der Waals surface area contributed by atoms with Gasteiger partial charge in [-0.05, 0) is 25.7 Å². The van der Waals surface area contributed by atoms with Gasteiger partial charge < -0.3 is 14.9 Å². The summed E-state index contributed by atoms with van der Waals surface area (Å²) in [6.07, 6.45) is 2.54. The van der Waals surface area contributed by atoms with Gasteiger partial charge in [0.25, 0.3) is 10.0 Å². The van der Waals surface area contributed by atoms with E-state index in [4.69, 9.17) is 10.2 Å². The molecule has 8 heteroatoms. The van der Waals surface area contributed by atoms with Crippen molar-refractivity contribution in [3.63, 3.8) is 0 Å². The molecule has 1 aromatic heterocycles. The lowest BCUT2D eigenvalue weighted by Crippen LogP contribution is -2.42. The summed E-state index contributed by atoms with van der Waals surface area (Å²) < 4.78 is 35.8. The van der Waals surface area contributed by atoms with Crippen molar-refractivity contribution >= 4 is 16.0 Å². The molecular weight excluding hydrogens is 296 g/mol. The number of piperidine rings is 1. The van der Waals surface area contributed by atoms with Crippen LogP contribution >= 0.6 is 0 Å². The van der Waals surface area contributed by atoms with Gasteiger partial charge in [0.2, 0.25) is 5.09 Å². The molecule has 0 aliphatic carbocycles. The molecule has 1 atom stereocenters. The molecule has 0 spiro atoms. The first-order valence-corrected chi connectivity index (χ1v) is 8.23. The molecule has 2 heterocycles. The number of esters is 1. The topological polar surface area (TPSA) is 103 Å². The van der Waals surface area contributed by atoms with Crippen LogP contribution in [0.3, 0.4) is 0 Å². The van der Waals surface area contributed by atoms with Crippen molar-refractivity contribution in [3.05, 3.63) is 17.9 Å². The Hall–Kier alpha value is -1.38. The Morgan fingerprint density at radius 3 is 2.62 bits per heavy atom. The van der Waals surface area contributed by atoms with Gasteiger partial charge in [0.15, 0.2) is 0 Å². The van der Waals surface area contributed by atoms with Crippen LogP contribution in [0.1, 0.15) is 30.1 Å². The minimum Gasteiger partial charge on any atom is -0.465 e. The molecule has 1 unspecified atom stereocenters. The maximum atomic E-state index is 12.4. The smallest absolute Gasteiger partial charge is 0.341 e. The molecule has 1 saturated heterocycles. The van der Waals surface area contributed by atoms with Gasteiger partial charge in [0.05, 0.1) is 12.7 Å².